The number of rotatable bonds is 0. The first-order valence-electron chi connectivity index (χ1n) is 6.47. The zero-order valence-electron chi connectivity index (χ0n) is 11.5. The van der Waals surface area contributed by atoms with Crippen molar-refractivity contribution in [3.8, 4) is 0 Å². The molecule has 0 N–H and O–H groups in total. The smallest absolute Gasteiger partial charge is 0.0449 e. The van der Waals surface area contributed by atoms with Crippen molar-refractivity contribution >= 4 is 0 Å². The first-order valence-corrected chi connectivity index (χ1v) is 6.47. The largest absolute Gasteiger partial charge is 0.302 e. The van der Waals surface area contributed by atoms with E-state index in [-0.39, 0.29) is 0 Å². The SMILES string of the molecule is CC.CC.CN1CCCc2ncccc2C1. The summed E-state index contributed by atoms with van der Waals surface area (Å²) in [5, 5.41) is 0. The van der Waals surface area contributed by atoms with Crippen LogP contribution in [0, 0.1) is 0 Å². The number of nitrogens with zero attached hydrogens (tertiary/aromatic N) is 2. The Labute approximate surface area is 101 Å². The Morgan fingerprint density at radius 2 is 1.88 bits per heavy atom. The van der Waals surface area contributed by atoms with Crippen molar-refractivity contribution in [3.05, 3.63) is 29.6 Å². The van der Waals surface area contributed by atoms with Crippen LogP contribution in [0.4, 0.5) is 0 Å². The lowest BCUT2D eigenvalue weighted by molar-refractivity contribution is 0.332. The molecule has 0 aliphatic carbocycles. The van der Waals surface area contributed by atoms with Crippen molar-refractivity contribution in [2.45, 2.75) is 47.1 Å². The summed E-state index contributed by atoms with van der Waals surface area (Å²) in [6.45, 7) is 10.2. The molecule has 1 aromatic rings. The lowest BCUT2D eigenvalue weighted by atomic mass is 10.1. The molecule has 1 aliphatic rings. The molecule has 0 aromatic carbocycles. The van der Waals surface area contributed by atoms with E-state index in [2.05, 4.69) is 23.0 Å². The second kappa shape index (κ2) is 9.34. The summed E-state index contributed by atoms with van der Waals surface area (Å²) in [7, 11) is 2.17. The normalized spacial score (nSPS) is 14.6. The number of fused-ring (bicyclic) bond motifs is 1. The molecular formula is C14H26N2. The molecule has 0 radical (unpaired) electrons. The molecule has 2 heterocycles. The molecule has 0 unspecified atom stereocenters. The Morgan fingerprint density at radius 1 is 1.19 bits per heavy atom. The van der Waals surface area contributed by atoms with Crippen LogP contribution >= 0.6 is 0 Å². The summed E-state index contributed by atoms with van der Waals surface area (Å²) in [6, 6.07) is 4.21. The fourth-order valence-corrected chi connectivity index (χ4v) is 1.73. The molecule has 0 amide bonds. The minimum Gasteiger partial charge on any atom is -0.302 e. The van der Waals surface area contributed by atoms with E-state index < -0.39 is 0 Å². The zero-order valence-corrected chi connectivity index (χ0v) is 11.5. The van der Waals surface area contributed by atoms with Crippen molar-refractivity contribution in [2.24, 2.45) is 0 Å². The van der Waals surface area contributed by atoms with Gasteiger partial charge in [-0.05, 0) is 38.1 Å². The molecule has 0 saturated carbocycles. The highest BCUT2D eigenvalue weighted by Gasteiger charge is 2.10. The van der Waals surface area contributed by atoms with E-state index in [1.807, 2.05) is 40.0 Å². The van der Waals surface area contributed by atoms with E-state index in [4.69, 9.17) is 0 Å². The third-order valence-corrected chi connectivity index (χ3v) is 2.38. The molecular weight excluding hydrogens is 196 g/mol. The van der Waals surface area contributed by atoms with E-state index in [1.165, 1.54) is 24.2 Å². The van der Waals surface area contributed by atoms with E-state index in [9.17, 15) is 0 Å². The third-order valence-electron chi connectivity index (χ3n) is 2.38. The second-order valence-electron chi connectivity index (χ2n) is 3.45. The standard InChI is InChI=1S/C10H14N2.2C2H6/c1-12-7-3-5-10-9(8-12)4-2-6-11-10;2*1-2/h2,4,6H,3,5,7-8H2,1H3;2*1-2H3. The Hall–Kier alpha value is -0.890. The van der Waals surface area contributed by atoms with Gasteiger partial charge in [-0.1, -0.05) is 33.8 Å². The van der Waals surface area contributed by atoms with Gasteiger partial charge in [-0.2, -0.15) is 0 Å². The first-order chi connectivity index (χ1) is 7.86. The number of hydrogen-bond acceptors (Lipinski definition) is 2. The summed E-state index contributed by atoms with van der Waals surface area (Å²) in [4.78, 5) is 6.74. The van der Waals surface area contributed by atoms with Crippen molar-refractivity contribution < 1.29 is 0 Å². The van der Waals surface area contributed by atoms with E-state index in [0.29, 0.717) is 0 Å². The van der Waals surface area contributed by atoms with Gasteiger partial charge in [-0.15, -0.1) is 0 Å². The predicted octanol–water partition coefficient (Wildman–Crippen LogP) is 3.51. The van der Waals surface area contributed by atoms with Crippen molar-refractivity contribution in [1.29, 1.82) is 0 Å². The Bertz CT molecular complexity index is 271. The molecule has 0 saturated heterocycles. The van der Waals surface area contributed by atoms with Gasteiger partial charge in [0.2, 0.25) is 0 Å². The van der Waals surface area contributed by atoms with E-state index in [1.54, 1.807) is 0 Å². The Kier molecular flexibility index (Phi) is 8.82. The van der Waals surface area contributed by atoms with Crippen LogP contribution < -0.4 is 0 Å². The van der Waals surface area contributed by atoms with Crippen molar-refractivity contribution in [1.82, 2.24) is 9.88 Å². The van der Waals surface area contributed by atoms with Gasteiger partial charge >= 0.3 is 0 Å². The highest BCUT2D eigenvalue weighted by Crippen LogP contribution is 2.14. The molecule has 0 fully saturated rings. The first kappa shape index (κ1) is 15.1. The van der Waals surface area contributed by atoms with Gasteiger partial charge in [-0.3, -0.25) is 4.98 Å². The van der Waals surface area contributed by atoms with Gasteiger partial charge in [0, 0.05) is 18.4 Å². The van der Waals surface area contributed by atoms with Gasteiger partial charge in [-0.25, -0.2) is 0 Å². The fraction of sp³-hybridized carbons (Fsp3) is 0.643. The second-order valence-corrected chi connectivity index (χ2v) is 3.45. The van der Waals surface area contributed by atoms with Crippen LogP contribution in [-0.2, 0) is 13.0 Å². The van der Waals surface area contributed by atoms with Crippen LogP contribution in [0.15, 0.2) is 18.3 Å². The molecule has 2 heteroatoms. The molecule has 2 nitrogen and oxygen atoms in total. The van der Waals surface area contributed by atoms with Crippen LogP contribution in [0.5, 0.6) is 0 Å². The summed E-state index contributed by atoms with van der Waals surface area (Å²) >= 11 is 0. The maximum atomic E-state index is 4.39. The molecule has 16 heavy (non-hydrogen) atoms. The van der Waals surface area contributed by atoms with E-state index in [0.717, 1.165) is 13.0 Å². The number of pyridine rings is 1. The fourth-order valence-electron chi connectivity index (χ4n) is 1.73. The minimum absolute atomic E-state index is 1.06. The molecule has 0 atom stereocenters. The summed E-state index contributed by atoms with van der Waals surface area (Å²) < 4.78 is 0. The Balaban J connectivity index is 0.000000509. The lowest BCUT2D eigenvalue weighted by Gasteiger charge is -2.12. The highest BCUT2D eigenvalue weighted by atomic mass is 15.1. The van der Waals surface area contributed by atoms with Crippen LogP contribution in [0.1, 0.15) is 45.4 Å². The predicted molar refractivity (Wildman–Crippen MR) is 71.6 cm³/mol. The molecule has 0 bridgehead atoms. The van der Waals surface area contributed by atoms with Crippen molar-refractivity contribution in [3.63, 3.8) is 0 Å². The van der Waals surface area contributed by atoms with Crippen LogP contribution in [0.2, 0.25) is 0 Å². The van der Waals surface area contributed by atoms with Gasteiger partial charge < -0.3 is 4.90 Å². The molecule has 1 aliphatic heterocycles. The molecule has 0 spiro atoms. The maximum absolute atomic E-state index is 4.39. The number of hydrogen-bond donors (Lipinski definition) is 0. The van der Waals surface area contributed by atoms with Gasteiger partial charge in [0.1, 0.15) is 0 Å². The number of aryl methyl sites for hydroxylation is 1. The van der Waals surface area contributed by atoms with Gasteiger partial charge in [0.05, 0.1) is 0 Å². The molecule has 2 rings (SSSR count). The quantitative estimate of drug-likeness (QED) is 0.668. The van der Waals surface area contributed by atoms with Gasteiger partial charge in [0.15, 0.2) is 0 Å². The summed E-state index contributed by atoms with van der Waals surface area (Å²) in [5.74, 6) is 0. The maximum Gasteiger partial charge on any atom is 0.0449 e. The summed E-state index contributed by atoms with van der Waals surface area (Å²) in [5.41, 5.74) is 2.69. The monoisotopic (exact) mass is 222 g/mol. The average Bonchev–Trinajstić information content (AvgIpc) is 2.55. The van der Waals surface area contributed by atoms with Crippen molar-refractivity contribution in [2.75, 3.05) is 13.6 Å². The van der Waals surface area contributed by atoms with Gasteiger partial charge in [0.25, 0.3) is 0 Å². The molecule has 1 aromatic heterocycles. The third kappa shape index (κ3) is 4.75. The molecule has 92 valence electrons. The van der Waals surface area contributed by atoms with Crippen LogP contribution in [0.3, 0.4) is 0 Å². The highest BCUT2D eigenvalue weighted by molar-refractivity contribution is 5.20. The van der Waals surface area contributed by atoms with Crippen LogP contribution in [0.25, 0.3) is 0 Å². The number of aromatic nitrogens is 1. The van der Waals surface area contributed by atoms with E-state index >= 15 is 0 Å². The summed E-state index contributed by atoms with van der Waals surface area (Å²) in [6.07, 6.45) is 4.27. The Morgan fingerprint density at radius 3 is 2.56 bits per heavy atom. The van der Waals surface area contributed by atoms with Crippen LogP contribution in [-0.4, -0.2) is 23.5 Å². The topological polar surface area (TPSA) is 16.1 Å². The minimum atomic E-state index is 1.06. The zero-order chi connectivity index (χ0) is 12.4. The average molecular weight is 222 g/mol. The lowest BCUT2D eigenvalue weighted by Crippen LogP contribution is -2.16.